The van der Waals surface area contributed by atoms with Crippen molar-refractivity contribution in [2.75, 3.05) is 4.90 Å². The second kappa shape index (κ2) is 6.60. The minimum Gasteiger partial charge on any atom is -0.457 e. The van der Waals surface area contributed by atoms with Gasteiger partial charge >= 0.3 is 0 Å². The van der Waals surface area contributed by atoms with E-state index in [2.05, 4.69) is 13.0 Å². The molecule has 4 heteroatoms. The highest BCUT2D eigenvalue weighted by Crippen LogP contribution is 2.40. The van der Waals surface area contributed by atoms with Crippen LogP contribution in [-0.4, -0.2) is 11.8 Å². The first kappa shape index (κ1) is 16.8. The van der Waals surface area contributed by atoms with Gasteiger partial charge in [-0.3, -0.25) is 14.5 Å². The van der Waals surface area contributed by atoms with Gasteiger partial charge in [0.15, 0.2) is 0 Å². The number of carbonyl (C=O) groups is 2. The molecule has 4 nitrogen and oxygen atoms in total. The van der Waals surface area contributed by atoms with Gasteiger partial charge in [0, 0.05) is 0 Å². The lowest BCUT2D eigenvalue weighted by Gasteiger charge is -2.19. The van der Waals surface area contributed by atoms with E-state index >= 15 is 0 Å². The molecule has 4 rings (SSSR count). The number of imide groups is 1. The van der Waals surface area contributed by atoms with E-state index in [-0.39, 0.29) is 23.7 Å². The summed E-state index contributed by atoms with van der Waals surface area (Å²) in [5.41, 5.74) is 2.92. The molecule has 1 saturated heterocycles. The number of anilines is 1. The van der Waals surface area contributed by atoms with Gasteiger partial charge < -0.3 is 4.74 Å². The maximum absolute atomic E-state index is 12.7. The Kier molecular flexibility index (Phi) is 4.27. The van der Waals surface area contributed by atoms with Crippen LogP contribution >= 0.6 is 0 Å². The molecule has 2 amide bonds. The summed E-state index contributed by atoms with van der Waals surface area (Å²) >= 11 is 0. The van der Waals surface area contributed by atoms with E-state index in [1.807, 2.05) is 31.2 Å². The highest BCUT2D eigenvalue weighted by molar-refractivity contribution is 6.22. The average molecular weight is 349 g/mol. The predicted octanol–water partition coefficient (Wildman–Crippen LogP) is 4.78. The third-order valence-electron chi connectivity index (χ3n) is 5.72. The van der Waals surface area contributed by atoms with Gasteiger partial charge in [0.1, 0.15) is 11.5 Å². The van der Waals surface area contributed by atoms with Crippen molar-refractivity contribution in [1.82, 2.24) is 0 Å². The molecule has 0 N–H and O–H groups in total. The monoisotopic (exact) mass is 349 g/mol. The largest absolute Gasteiger partial charge is 0.457 e. The molecule has 0 bridgehead atoms. The van der Waals surface area contributed by atoms with Crippen molar-refractivity contribution in [1.29, 1.82) is 0 Å². The first-order chi connectivity index (χ1) is 12.6. The molecule has 1 aliphatic carbocycles. The molecule has 2 aromatic rings. The van der Waals surface area contributed by atoms with Crippen LogP contribution in [0.1, 0.15) is 36.8 Å². The number of hydrogen-bond donors (Lipinski definition) is 0. The summed E-state index contributed by atoms with van der Waals surface area (Å²) in [4.78, 5) is 26.7. The van der Waals surface area contributed by atoms with Gasteiger partial charge in [-0.25, -0.2) is 0 Å². The van der Waals surface area contributed by atoms with Gasteiger partial charge in [-0.15, -0.1) is 0 Å². The zero-order chi connectivity index (χ0) is 18.3. The van der Waals surface area contributed by atoms with Gasteiger partial charge in [-0.05, 0) is 68.1 Å². The number of aryl methyl sites for hydroxylation is 1. The molecular formula is C22H23NO3. The Morgan fingerprint density at radius 3 is 2.12 bits per heavy atom. The standard InChI is InChI=1S/C22H23NO3/c1-14-6-5-9-20(15(14)2)26-17-12-10-16(11-13-17)23-21(24)18-7-3-4-8-19(18)22(23)25/h5-6,9-13,18-19H,3-4,7-8H2,1-2H3/t18-,19+. The molecule has 2 aromatic carbocycles. The Bertz CT molecular complexity index is 832. The molecule has 0 unspecified atom stereocenters. The number of ether oxygens (including phenoxy) is 1. The highest BCUT2D eigenvalue weighted by Gasteiger charge is 2.48. The minimum atomic E-state index is -0.123. The molecule has 0 aromatic heterocycles. The van der Waals surface area contributed by atoms with E-state index in [1.54, 1.807) is 12.1 Å². The lowest BCUT2D eigenvalue weighted by Crippen LogP contribution is -2.30. The van der Waals surface area contributed by atoms with Crippen molar-refractivity contribution < 1.29 is 14.3 Å². The summed E-state index contributed by atoms with van der Waals surface area (Å²) in [7, 11) is 0. The third kappa shape index (κ3) is 2.79. The van der Waals surface area contributed by atoms with Crippen LogP contribution in [0.5, 0.6) is 11.5 Å². The fourth-order valence-corrected chi connectivity index (χ4v) is 4.04. The van der Waals surface area contributed by atoms with E-state index in [4.69, 9.17) is 4.74 Å². The fourth-order valence-electron chi connectivity index (χ4n) is 4.04. The van der Waals surface area contributed by atoms with E-state index in [1.165, 1.54) is 10.5 Å². The summed E-state index contributed by atoms with van der Waals surface area (Å²) in [6, 6.07) is 13.2. The van der Waals surface area contributed by atoms with Gasteiger partial charge in [0.2, 0.25) is 11.8 Å². The van der Waals surface area contributed by atoms with E-state index in [0.29, 0.717) is 11.4 Å². The lowest BCUT2D eigenvalue weighted by molar-refractivity contribution is -0.122. The number of rotatable bonds is 3. The molecule has 1 heterocycles. The van der Waals surface area contributed by atoms with Crippen LogP contribution in [0.25, 0.3) is 0 Å². The smallest absolute Gasteiger partial charge is 0.237 e. The first-order valence-corrected chi connectivity index (χ1v) is 9.28. The van der Waals surface area contributed by atoms with Crippen LogP contribution in [-0.2, 0) is 9.59 Å². The lowest BCUT2D eigenvalue weighted by atomic mass is 9.81. The van der Waals surface area contributed by atoms with E-state index in [9.17, 15) is 9.59 Å². The van der Waals surface area contributed by atoms with Crippen molar-refractivity contribution in [3.05, 3.63) is 53.6 Å². The molecule has 0 radical (unpaired) electrons. The molecule has 2 aliphatic rings. The Hall–Kier alpha value is -2.62. The van der Waals surface area contributed by atoms with Crippen molar-refractivity contribution in [3.63, 3.8) is 0 Å². The minimum absolute atomic E-state index is 0.0390. The van der Waals surface area contributed by atoms with Gasteiger partial charge in [0.25, 0.3) is 0 Å². The van der Waals surface area contributed by atoms with Gasteiger partial charge in [0.05, 0.1) is 17.5 Å². The van der Waals surface area contributed by atoms with Crippen LogP contribution in [0.3, 0.4) is 0 Å². The molecule has 134 valence electrons. The maximum atomic E-state index is 12.7. The number of benzene rings is 2. The zero-order valence-corrected chi connectivity index (χ0v) is 15.2. The van der Waals surface area contributed by atoms with Crippen LogP contribution in [0.15, 0.2) is 42.5 Å². The van der Waals surface area contributed by atoms with E-state index in [0.717, 1.165) is 37.0 Å². The Balaban J connectivity index is 1.55. The highest BCUT2D eigenvalue weighted by atomic mass is 16.5. The second-order valence-electron chi connectivity index (χ2n) is 7.30. The molecule has 1 aliphatic heterocycles. The normalized spacial score (nSPS) is 22.5. The maximum Gasteiger partial charge on any atom is 0.237 e. The topological polar surface area (TPSA) is 46.6 Å². The Morgan fingerprint density at radius 1 is 0.885 bits per heavy atom. The second-order valence-corrected chi connectivity index (χ2v) is 7.30. The molecular weight excluding hydrogens is 326 g/mol. The summed E-state index contributed by atoms with van der Waals surface area (Å²) in [6.07, 6.45) is 3.74. The Morgan fingerprint density at radius 2 is 1.50 bits per heavy atom. The molecule has 26 heavy (non-hydrogen) atoms. The number of carbonyl (C=O) groups excluding carboxylic acids is 2. The number of hydrogen-bond acceptors (Lipinski definition) is 3. The summed E-state index contributed by atoms with van der Waals surface area (Å²) in [5, 5.41) is 0. The molecule has 0 spiro atoms. The van der Waals surface area contributed by atoms with Crippen LogP contribution in [0.2, 0.25) is 0 Å². The number of fused-ring (bicyclic) bond motifs is 1. The summed E-state index contributed by atoms with van der Waals surface area (Å²) in [6.45, 7) is 4.08. The SMILES string of the molecule is Cc1cccc(Oc2ccc(N3C(=O)[C@H]4CCCC[C@H]4C3=O)cc2)c1C. The van der Waals surface area contributed by atoms with Gasteiger partial charge in [-0.2, -0.15) is 0 Å². The van der Waals surface area contributed by atoms with Crippen molar-refractivity contribution in [2.24, 2.45) is 11.8 Å². The van der Waals surface area contributed by atoms with Crippen LogP contribution < -0.4 is 9.64 Å². The summed E-state index contributed by atoms with van der Waals surface area (Å²) in [5.74, 6) is 1.19. The van der Waals surface area contributed by atoms with Crippen LogP contribution in [0.4, 0.5) is 5.69 Å². The van der Waals surface area contributed by atoms with Crippen LogP contribution in [0, 0.1) is 25.7 Å². The molecule has 2 fully saturated rings. The predicted molar refractivity (Wildman–Crippen MR) is 100 cm³/mol. The van der Waals surface area contributed by atoms with Crippen molar-refractivity contribution in [2.45, 2.75) is 39.5 Å². The quantitative estimate of drug-likeness (QED) is 0.750. The number of amides is 2. The average Bonchev–Trinajstić information content (AvgIpc) is 2.91. The Labute approximate surface area is 153 Å². The molecule has 2 atom stereocenters. The van der Waals surface area contributed by atoms with Crippen molar-refractivity contribution in [3.8, 4) is 11.5 Å². The zero-order valence-electron chi connectivity index (χ0n) is 15.2. The van der Waals surface area contributed by atoms with Gasteiger partial charge in [-0.1, -0.05) is 25.0 Å². The first-order valence-electron chi connectivity index (χ1n) is 9.28. The summed E-state index contributed by atoms with van der Waals surface area (Å²) < 4.78 is 5.97. The van der Waals surface area contributed by atoms with E-state index < -0.39 is 0 Å². The third-order valence-corrected chi connectivity index (χ3v) is 5.72. The molecule has 1 saturated carbocycles. The fraction of sp³-hybridized carbons (Fsp3) is 0.364. The van der Waals surface area contributed by atoms with Crippen molar-refractivity contribution >= 4 is 17.5 Å². The number of nitrogens with zero attached hydrogens (tertiary/aromatic N) is 1.